The summed E-state index contributed by atoms with van der Waals surface area (Å²) in [5.74, 6) is 0.0889. The number of anilines is 1. The summed E-state index contributed by atoms with van der Waals surface area (Å²) < 4.78 is 0. The molecule has 1 aromatic rings. The first kappa shape index (κ1) is 13.1. The lowest BCUT2D eigenvalue weighted by molar-refractivity contribution is 0.0937. The normalized spacial score (nSPS) is 25.2. The van der Waals surface area contributed by atoms with E-state index in [0.29, 0.717) is 6.04 Å². The van der Waals surface area contributed by atoms with Crippen LogP contribution in [-0.2, 0) is 6.42 Å². The van der Waals surface area contributed by atoms with Crippen molar-refractivity contribution in [2.75, 3.05) is 25.0 Å². The first-order valence-corrected chi connectivity index (χ1v) is 8.21. The third kappa shape index (κ3) is 2.77. The smallest absolute Gasteiger partial charge is 0.251 e. The number of nitrogens with one attached hydrogen (secondary N) is 2. The van der Waals surface area contributed by atoms with Crippen LogP contribution in [0, 0.1) is 0 Å². The van der Waals surface area contributed by atoms with Crippen LogP contribution in [0.4, 0.5) is 5.69 Å². The molecule has 0 spiro atoms. The topological polar surface area (TPSA) is 44.4 Å². The minimum absolute atomic E-state index is 0.0889. The van der Waals surface area contributed by atoms with E-state index in [-0.39, 0.29) is 5.91 Å². The molecule has 0 aromatic heterocycles. The fraction of sp³-hybridized carbons (Fsp3) is 0.588. The zero-order valence-corrected chi connectivity index (χ0v) is 12.4. The van der Waals surface area contributed by atoms with Crippen molar-refractivity contribution >= 4 is 11.6 Å². The Labute approximate surface area is 125 Å². The number of benzene rings is 1. The fourth-order valence-corrected chi connectivity index (χ4v) is 3.56. The number of carbonyl (C=O) groups excluding carboxylic acids is 1. The van der Waals surface area contributed by atoms with E-state index in [1.54, 1.807) is 0 Å². The molecule has 4 rings (SSSR count). The van der Waals surface area contributed by atoms with Gasteiger partial charge in [-0.25, -0.2) is 0 Å². The van der Waals surface area contributed by atoms with Gasteiger partial charge in [-0.15, -0.1) is 0 Å². The van der Waals surface area contributed by atoms with E-state index in [0.717, 1.165) is 50.5 Å². The van der Waals surface area contributed by atoms with Crippen LogP contribution in [0.2, 0.25) is 0 Å². The van der Waals surface area contributed by atoms with Crippen molar-refractivity contribution in [2.45, 2.75) is 44.2 Å². The third-order valence-electron chi connectivity index (χ3n) is 4.92. The summed E-state index contributed by atoms with van der Waals surface area (Å²) in [4.78, 5) is 15.0. The summed E-state index contributed by atoms with van der Waals surface area (Å²) in [6.45, 7) is 3.21. The van der Waals surface area contributed by atoms with E-state index in [9.17, 15) is 4.79 Å². The van der Waals surface area contributed by atoms with Crippen LogP contribution in [0.15, 0.2) is 18.2 Å². The first-order chi connectivity index (χ1) is 10.3. The van der Waals surface area contributed by atoms with Gasteiger partial charge in [0.2, 0.25) is 0 Å². The highest BCUT2D eigenvalue weighted by atomic mass is 16.1. The third-order valence-corrected chi connectivity index (χ3v) is 4.92. The van der Waals surface area contributed by atoms with Gasteiger partial charge in [-0.1, -0.05) is 0 Å². The van der Waals surface area contributed by atoms with Crippen LogP contribution in [0.3, 0.4) is 0 Å². The number of hydrogen-bond acceptors (Lipinski definition) is 3. The van der Waals surface area contributed by atoms with Gasteiger partial charge in [-0.3, -0.25) is 9.69 Å². The summed E-state index contributed by atoms with van der Waals surface area (Å²) in [5.41, 5.74) is 3.28. The predicted octanol–water partition coefficient (Wildman–Crippen LogP) is 2.01. The Morgan fingerprint density at radius 3 is 3.05 bits per heavy atom. The molecule has 112 valence electrons. The number of fused-ring (bicyclic) bond motifs is 1. The zero-order chi connectivity index (χ0) is 14.2. The molecule has 2 N–H and O–H groups in total. The lowest BCUT2D eigenvalue weighted by Crippen LogP contribution is -2.37. The van der Waals surface area contributed by atoms with Gasteiger partial charge < -0.3 is 10.6 Å². The Bertz CT molecular complexity index is 553. The Balaban J connectivity index is 1.40. The molecule has 2 fully saturated rings. The van der Waals surface area contributed by atoms with Gasteiger partial charge in [0.15, 0.2) is 0 Å². The molecule has 0 radical (unpaired) electrons. The van der Waals surface area contributed by atoms with Crippen LogP contribution in [0.5, 0.6) is 0 Å². The minimum Gasteiger partial charge on any atom is -0.385 e. The Morgan fingerprint density at radius 2 is 2.19 bits per heavy atom. The van der Waals surface area contributed by atoms with Crippen molar-refractivity contribution in [1.29, 1.82) is 0 Å². The monoisotopic (exact) mass is 285 g/mol. The van der Waals surface area contributed by atoms with Crippen molar-refractivity contribution in [3.63, 3.8) is 0 Å². The van der Waals surface area contributed by atoms with E-state index in [1.165, 1.54) is 24.1 Å². The zero-order valence-electron chi connectivity index (χ0n) is 12.4. The van der Waals surface area contributed by atoms with Gasteiger partial charge in [-0.2, -0.15) is 0 Å². The van der Waals surface area contributed by atoms with Crippen molar-refractivity contribution in [1.82, 2.24) is 10.2 Å². The number of hydrogen-bond donors (Lipinski definition) is 2. The molecule has 1 atom stereocenters. The van der Waals surface area contributed by atoms with Gasteiger partial charge in [0.05, 0.1) is 0 Å². The second-order valence-electron chi connectivity index (χ2n) is 6.59. The van der Waals surface area contributed by atoms with E-state index in [2.05, 4.69) is 27.7 Å². The number of aryl methyl sites for hydroxylation is 1. The Morgan fingerprint density at radius 1 is 1.29 bits per heavy atom. The van der Waals surface area contributed by atoms with Gasteiger partial charge in [-0.05, 0) is 55.9 Å². The van der Waals surface area contributed by atoms with Crippen LogP contribution in [0.1, 0.15) is 41.6 Å². The number of rotatable bonds is 3. The molecule has 1 saturated heterocycles. The SMILES string of the molecule is O=C(NC1CCN(C2CC2)C1)c1ccc2c(c1)CCCN2. The molecule has 0 bridgehead atoms. The van der Waals surface area contributed by atoms with Crippen LogP contribution < -0.4 is 10.6 Å². The first-order valence-electron chi connectivity index (χ1n) is 8.21. The molecule has 2 aliphatic heterocycles. The minimum atomic E-state index is 0.0889. The molecule has 1 aromatic carbocycles. The standard InChI is InChI=1S/C17H23N3O/c21-17(19-14-7-9-20(11-14)15-4-5-15)13-3-6-16-12(10-13)2-1-8-18-16/h3,6,10,14-15,18H,1-2,4-5,7-9,11H2,(H,19,21). The summed E-state index contributed by atoms with van der Waals surface area (Å²) in [7, 11) is 0. The van der Waals surface area contributed by atoms with Gasteiger partial charge in [0, 0.05) is 43.0 Å². The van der Waals surface area contributed by atoms with Crippen molar-refractivity contribution < 1.29 is 4.79 Å². The average molecular weight is 285 g/mol. The molecule has 1 unspecified atom stereocenters. The van der Waals surface area contributed by atoms with Crippen molar-refractivity contribution in [3.8, 4) is 0 Å². The second-order valence-corrected chi connectivity index (χ2v) is 6.59. The molecule has 1 aliphatic carbocycles. The summed E-state index contributed by atoms with van der Waals surface area (Å²) in [5, 5.41) is 6.60. The quantitative estimate of drug-likeness (QED) is 0.893. The molecular weight excluding hydrogens is 262 g/mol. The molecular formula is C17H23N3O. The van der Waals surface area contributed by atoms with E-state index in [1.807, 2.05) is 6.07 Å². The van der Waals surface area contributed by atoms with Crippen LogP contribution in [-0.4, -0.2) is 42.5 Å². The number of nitrogens with zero attached hydrogens (tertiary/aromatic N) is 1. The molecule has 3 aliphatic rings. The fourth-order valence-electron chi connectivity index (χ4n) is 3.56. The maximum Gasteiger partial charge on any atom is 0.251 e. The maximum absolute atomic E-state index is 12.4. The summed E-state index contributed by atoms with van der Waals surface area (Å²) in [6.07, 6.45) is 6.01. The Kier molecular flexibility index (Phi) is 3.34. The van der Waals surface area contributed by atoms with Gasteiger partial charge >= 0.3 is 0 Å². The molecule has 1 saturated carbocycles. The highest BCUT2D eigenvalue weighted by molar-refractivity contribution is 5.95. The van der Waals surface area contributed by atoms with Gasteiger partial charge in [0.25, 0.3) is 5.91 Å². The van der Waals surface area contributed by atoms with Crippen LogP contribution >= 0.6 is 0 Å². The average Bonchev–Trinajstić information content (AvgIpc) is 3.27. The highest BCUT2D eigenvalue weighted by Crippen LogP contribution is 2.30. The predicted molar refractivity (Wildman–Crippen MR) is 83.7 cm³/mol. The van der Waals surface area contributed by atoms with E-state index < -0.39 is 0 Å². The van der Waals surface area contributed by atoms with E-state index >= 15 is 0 Å². The van der Waals surface area contributed by atoms with Crippen molar-refractivity contribution in [2.24, 2.45) is 0 Å². The molecule has 21 heavy (non-hydrogen) atoms. The number of likely N-dealkylation sites (tertiary alicyclic amines) is 1. The summed E-state index contributed by atoms with van der Waals surface area (Å²) in [6, 6.07) is 7.19. The van der Waals surface area contributed by atoms with E-state index in [4.69, 9.17) is 0 Å². The molecule has 4 nitrogen and oxygen atoms in total. The second kappa shape index (κ2) is 5.34. The molecule has 4 heteroatoms. The van der Waals surface area contributed by atoms with Crippen LogP contribution in [0.25, 0.3) is 0 Å². The molecule has 1 amide bonds. The lowest BCUT2D eigenvalue weighted by atomic mass is 10.0. The number of amides is 1. The number of carbonyl (C=O) groups is 1. The Hall–Kier alpha value is -1.55. The highest BCUT2D eigenvalue weighted by Gasteiger charge is 2.34. The van der Waals surface area contributed by atoms with Crippen molar-refractivity contribution in [3.05, 3.63) is 29.3 Å². The summed E-state index contributed by atoms with van der Waals surface area (Å²) >= 11 is 0. The van der Waals surface area contributed by atoms with Gasteiger partial charge in [0.1, 0.15) is 0 Å². The lowest BCUT2D eigenvalue weighted by Gasteiger charge is -2.19. The molecule has 2 heterocycles. The largest absolute Gasteiger partial charge is 0.385 e. The maximum atomic E-state index is 12.4.